The molecule has 0 aliphatic heterocycles. The predicted octanol–water partition coefficient (Wildman–Crippen LogP) is 6.10. The standard InChI is InChI=1S/C18H15F6NO/c1-26-11-14(8-9-17(19,20)21)13-4-7-16(25-10-13)12-2-5-15(6-3-12)18(22,23)24/h2-7,10-11H,8-9H2,1H3/b14-11-. The Bertz CT molecular complexity index is 745. The smallest absolute Gasteiger partial charge is 0.416 e. The Morgan fingerprint density at radius 3 is 2.12 bits per heavy atom. The van der Waals surface area contributed by atoms with E-state index < -0.39 is 24.3 Å². The summed E-state index contributed by atoms with van der Waals surface area (Å²) in [5, 5.41) is 0. The third-order valence-corrected chi connectivity index (χ3v) is 3.58. The van der Waals surface area contributed by atoms with Crippen molar-refractivity contribution in [1.29, 1.82) is 0 Å². The lowest BCUT2D eigenvalue weighted by molar-refractivity contribution is -0.137. The van der Waals surface area contributed by atoms with Crippen molar-refractivity contribution in [2.24, 2.45) is 0 Å². The maximum Gasteiger partial charge on any atom is 0.416 e. The molecule has 0 amide bonds. The van der Waals surface area contributed by atoms with E-state index in [9.17, 15) is 26.3 Å². The van der Waals surface area contributed by atoms with E-state index in [1.54, 1.807) is 6.07 Å². The molecule has 1 heterocycles. The molecule has 0 unspecified atom stereocenters. The quantitative estimate of drug-likeness (QED) is 0.466. The van der Waals surface area contributed by atoms with Crippen molar-refractivity contribution in [1.82, 2.24) is 4.98 Å². The molecule has 0 bridgehead atoms. The SMILES string of the molecule is CO/C=C(/CCC(F)(F)F)c1ccc(-c2ccc(C(F)(F)F)cc2)nc1. The fourth-order valence-electron chi connectivity index (χ4n) is 2.27. The third kappa shape index (κ3) is 5.50. The molecular weight excluding hydrogens is 360 g/mol. The maximum atomic E-state index is 12.6. The highest BCUT2D eigenvalue weighted by Gasteiger charge is 2.30. The molecular formula is C18H15F6NO. The van der Waals surface area contributed by atoms with Crippen LogP contribution in [-0.2, 0) is 10.9 Å². The molecule has 26 heavy (non-hydrogen) atoms. The van der Waals surface area contributed by atoms with Crippen molar-refractivity contribution in [3.63, 3.8) is 0 Å². The zero-order chi connectivity index (χ0) is 19.4. The molecule has 140 valence electrons. The van der Waals surface area contributed by atoms with Crippen LogP contribution in [0, 0.1) is 0 Å². The number of hydrogen-bond donors (Lipinski definition) is 0. The van der Waals surface area contributed by atoms with Crippen LogP contribution in [0.3, 0.4) is 0 Å². The molecule has 0 radical (unpaired) electrons. The second-order valence-electron chi connectivity index (χ2n) is 5.50. The molecule has 0 saturated heterocycles. The molecule has 2 rings (SSSR count). The summed E-state index contributed by atoms with van der Waals surface area (Å²) in [5.41, 5.74) is 0.894. The Morgan fingerprint density at radius 2 is 1.65 bits per heavy atom. The van der Waals surface area contributed by atoms with E-state index in [-0.39, 0.29) is 6.42 Å². The third-order valence-electron chi connectivity index (χ3n) is 3.58. The summed E-state index contributed by atoms with van der Waals surface area (Å²) in [6, 6.07) is 7.58. The zero-order valence-electron chi connectivity index (χ0n) is 13.7. The summed E-state index contributed by atoms with van der Waals surface area (Å²) >= 11 is 0. The van der Waals surface area contributed by atoms with E-state index in [1.165, 1.54) is 37.8 Å². The lowest BCUT2D eigenvalue weighted by atomic mass is 10.0. The molecule has 2 nitrogen and oxygen atoms in total. The Labute approximate surface area is 146 Å². The average Bonchev–Trinajstić information content (AvgIpc) is 2.57. The number of alkyl halides is 6. The number of pyridine rings is 1. The molecule has 2 aromatic rings. The number of methoxy groups -OCH3 is 1. The Balaban J connectivity index is 2.19. The van der Waals surface area contributed by atoms with Crippen LogP contribution in [0.4, 0.5) is 26.3 Å². The number of hydrogen-bond acceptors (Lipinski definition) is 2. The van der Waals surface area contributed by atoms with Crippen LogP contribution in [-0.4, -0.2) is 18.3 Å². The summed E-state index contributed by atoms with van der Waals surface area (Å²) in [6.07, 6.45) is -7.38. The van der Waals surface area contributed by atoms with Crippen molar-refractivity contribution in [3.8, 4) is 11.3 Å². The predicted molar refractivity (Wildman–Crippen MR) is 85.0 cm³/mol. The monoisotopic (exact) mass is 375 g/mol. The minimum atomic E-state index is -4.42. The number of halogens is 6. The molecule has 1 aromatic heterocycles. The highest BCUT2D eigenvalue weighted by molar-refractivity contribution is 5.67. The minimum Gasteiger partial charge on any atom is -0.504 e. The second-order valence-corrected chi connectivity index (χ2v) is 5.50. The Kier molecular flexibility index (Phi) is 5.94. The molecule has 8 heteroatoms. The number of aromatic nitrogens is 1. The Hall–Kier alpha value is -2.51. The van der Waals surface area contributed by atoms with Gasteiger partial charge < -0.3 is 4.74 Å². The highest BCUT2D eigenvalue weighted by atomic mass is 19.4. The number of rotatable bonds is 5. The van der Waals surface area contributed by atoms with Crippen molar-refractivity contribution >= 4 is 5.57 Å². The fraction of sp³-hybridized carbons (Fsp3) is 0.278. The first-order chi connectivity index (χ1) is 12.1. The number of ether oxygens (including phenoxy) is 1. The van der Waals surface area contributed by atoms with Gasteiger partial charge in [-0.3, -0.25) is 4.98 Å². The van der Waals surface area contributed by atoms with E-state index in [0.717, 1.165) is 12.1 Å². The topological polar surface area (TPSA) is 22.1 Å². The molecule has 0 fully saturated rings. The van der Waals surface area contributed by atoms with Crippen LogP contribution in [0.25, 0.3) is 16.8 Å². The van der Waals surface area contributed by atoms with Gasteiger partial charge in [-0.05, 0) is 35.8 Å². The van der Waals surface area contributed by atoms with Gasteiger partial charge in [-0.25, -0.2) is 0 Å². The van der Waals surface area contributed by atoms with Gasteiger partial charge in [0.2, 0.25) is 0 Å². The summed E-state index contributed by atoms with van der Waals surface area (Å²) in [6.45, 7) is 0. The number of allylic oxidation sites excluding steroid dienone is 1. The van der Waals surface area contributed by atoms with Crippen LogP contribution in [0.5, 0.6) is 0 Å². The van der Waals surface area contributed by atoms with E-state index in [2.05, 4.69) is 4.98 Å². The Morgan fingerprint density at radius 1 is 1.00 bits per heavy atom. The molecule has 0 aliphatic rings. The van der Waals surface area contributed by atoms with Crippen LogP contribution in [0.2, 0.25) is 0 Å². The largest absolute Gasteiger partial charge is 0.504 e. The number of benzene rings is 1. The highest BCUT2D eigenvalue weighted by Crippen LogP contribution is 2.31. The van der Waals surface area contributed by atoms with Gasteiger partial charge in [0.1, 0.15) is 0 Å². The molecule has 0 spiro atoms. The lowest BCUT2D eigenvalue weighted by Gasteiger charge is -2.11. The van der Waals surface area contributed by atoms with Gasteiger partial charge in [-0.15, -0.1) is 0 Å². The van der Waals surface area contributed by atoms with Crippen LogP contribution >= 0.6 is 0 Å². The van der Waals surface area contributed by atoms with Crippen LogP contribution in [0.1, 0.15) is 24.0 Å². The summed E-state index contributed by atoms with van der Waals surface area (Å²) in [7, 11) is 1.33. The van der Waals surface area contributed by atoms with Gasteiger partial charge in [0.05, 0.1) is 24.6 Å². The van der Waals surface area contributed by atoms with Crippen LogP contribution < -0.4 is 0 Å². The van der Waals surface area contributed by atoms with Crippen molar-refractivity contribution in [3.05, 3.63) is 60.0 Å². The average molecular weight is 375 g/mol. The molecule has 0 aliphatic carbocycles. The molecule has 1 aromatic carbocycles. The van der Waals surface area contributed by atoms with Crippen molar-refractivity contribution < 1.29 is 31.1 Å². The molecule has 0 N–H and O–H groups in total. The fourth-order valence-corrected chi connectivity index (χ4v) is 2.27. The normalized spacial score (nSPS) is 13.0. The first kappa shape index (κ1) is 19.8. The van der Waals surface area contributed by atoms with Gasteiger partial charge in [0, 0.05) is 18.2 Å². The van der Waals surface area contributed by atoms with Gasteiger partial charge in [-0.2, -0.15) is 26.3 Å². The maximum absolute atomic E-state index is 12.6. The summed E-state index contributed by atoms with van der Waals surface area (Å²) in [5.74, 6) is 0. The summed E-state index contributed by atoms with van der Waals surface area (Å²) < 4.78 is 79.8. The first-order valence-corrected chi connectivity index (χ1v) is 7.53. The van der Waals surface area contributed by atoms with Crippen LogP contribution in [0.15, 0.2) is 48.9 Å². The number of nitrogens with zero attached hydrogens (tertiary/aromatic N) is 1. The van der Waals surface area contributed by atoms with Gasteiger partial charge in [-0.1, -0.05) is 18.2 Å². The van der Waals surface area contributed by atoms with E-state index in [0.29, 0.717) is 22.4 Å². The summed E-state index contributed by atoms with van der Waals surface area (Å²) in [4.78, 5) is 4.13. The van der Waals surface area contributed by atoms with E-state index >= 15 is 0 Å². The van der Waals surface area contributed by atoms with Crippen molar-refractivity contribution in [2.75, 3.05) is 7.11 Å². The second kappa shape index (κ2) is 7.80. The molecule has 0 atom stereocenters. The van der Waals surface area contributed by atoms with Gasteiger partial charge in [0.15, 0.2) is 0 Å². The van der Waals surface area contributed by atoms with Gasteiger partial charge in [0.25, 0.3) is 0 Å². The zero-order valence-corrected chi connectivity index (χ0v) is 13.7. The molecule has 0 saturated carbocycles. The van der Waals surface area contributed by atoms with Crippen molar-refractivity contribution in [2.45, 2.75) is 25.2 Å². The minimum absolute atomic E-state index is 0.265. The van der Waals surface area contributed by atoms with E-state index in [4.69, 9.17) is 4.74 Å². The van der Waals surface area contributed by atoms with Gasteiger partial charge >= 0.3 is 12.4 Å². The van der Waals surface area contributed by atoms with E-state index in [1.807, 2.05) is 0 Å². The lowest BCUT2D eigenvalue weighted by Crippen LogP contribution is -2.07. The first-order valence-electron chi connectivity index (χ1n) is 7.53.